The molecule has 0 atom stereocenters. The van der Waals surface area contributed by atoms with Crippen molar-refractivity contribution in [1.82, 2.24) is 0 Å². The lowest BCUT2D eigenvalue weighted by molar-refractivity contribution is -0.119. The van der Waals surface area contributed by atoms with Crippen molar-refractivity contribution >= 4 is 45.9 Å². The summed E-state index contributed by atoms with van der Waals surface area (Å²) >= 11 is 5.84. The zero-order valence-electron chi connectivity index (χ0n) is 14.7. The summed E-state index contributed by atoms with van der Waals surface area (Å²) in [6, 6.07) is 11.7. The van der Waals surface area contributed by atoms with E-state index in [4.69, 9.17) is 20.8 Å². The van der Waals surface area contributed by atoms with E-state index in [1.54, 1.807) is 18.2 Å². The Morgan fingerprint density at radius 3 is 2.64 bits per heavy atom. The molecule has 0 unspecified atom stereocenters. The van der Waals surface area contributed by atoms with Crippen LogP contribution in [-0.2, 0) is 9.53 Å². The number of nitrogens with one attached hydrogen (secondary N) is 1. The summed E-state index contributed by atoms with van der Waals surface area (Å²) in [6.07, 6.45) is 0. The van der Waals surface area contributed by atoms with Crippen LogP contribution in [0.1, 0.15) is 27.8 Å². The minimum Gasteiger partial charge on any atom is -0.450 e. The molecule has 0 saturated heterocycles. The van der Waals surface area contributed by atoms with Gasteiger partial charge in [-0.25, -0.2) is 4.79 Å². The van der Waals surface area contributed by atoms with Gasteiger partial charge < -0.3 is 14.5 Å². The highest BCUT2D eigenvalue weighted by atomic mass is 35.5. The number of hydrogen-bond acceptors (Lipinski definition) is 6. The van der Waals surface area contributed by atoms with Crippen molar-refractivity contribution in [2.24, 2.45) is 0 Å². The Balaban J connectivity index is 1.67. The molecule has 3 aromatic rings. The number of rotatable bonds is 5. The van der Waals surface area contributed by atoms with Crippen LogP contribution >= 0.6 is 11.6 Å². The van der Waals surface area contributed by atoms with Gasteiger partial charge >= 0.3 is 5.97 Å². The van der Waals surface area contributed by atoms with Gasteiger partial charge in [0.15, 0.2) is 17.8 Å². The van der Waals surface area contributed by atoms with Crippen LogP contribution in [0.3, 0.4) is 0 Å². The number of ether oxygens (including phenoxy) is 1. The summed E-state index contributed by atoms with van der Waals surface area (Å²) in [6.45, 7) is 0.819. The van der Waals surface area contributed by atoms with Gasteiger partial charge in [-0.2, -0.15) is 0 Å². The number of carbonyl (C=O) groups excluding carboxylic acids is 3. The lowest BCUT2D eigenvalue weighted by Gasteiger charge is -2.07. The summed E-state index contributed by atoms with van der Waals surface area (Å²) in [7, 11) is 0. The van der Waals surface area contributed by atoms with Crippen molar-refractivity contribution < 1.29 is 23.5 Å². The van der Waals surface area contributed by atoms with E-state index >= 15 is 0 Å². The molecule has 0 aliphatic carbocycles. The monoisotopic (exact) mass is 399 g/mol. The highest BCUT2D eigenvalue weighted by molar-refractivity contribution is 6.31. The van der Waals surface area contributed by atoms with Crippen molar-refractivity contribution in [2.45, 2.75) is 6.92 Å². The van der Waals surface area contributed by atoms with E-state index in [0.29, 0.717) is 16.3 Å². The van der Waals surface area contributed by atoms with Gasteiger partial charge in [-0.15, -0.1) is 0 Å². The third-order valence-electron chi connectivity index (χ3n) is 3.78. The Hall–Kier alpha value is -3.45. The molecule has 0 fully saturated rings. The molecule has 3 rings (SSSR count). The standard InChI is InChI=1S/C20H14ClNO6/c1-11(23)12-3-2-4-14(7-12)22-19(25)10-27-20(26)18-9-16(24)15-8-13(21)5-6-17(15)28-18/h2-9H,10H2,1H3,(H,22,25). The predicted octanol–water partition coefficient (Wildman–Crippen LogP) is 3.44. The van der Waals surface area contributed by atoms with E-state index in [1.807, 2.05) is 0 Å². The molecular formula is C20H14ClNO6. The molecule has 0 bridgehead atoms. The highest BCUT2D eigenvalue weighted by Gasteiger charge is 2.16. The Morgan fingerprint density at radius 2 is 1.89 bits per heavy atom. The van der Waals surface area contributed by atoms with Gasteiger partial charge in [0.05, 0.1) is 5.39 Å². The van der Waals surface area contributed by atoms with Crippen LogP contribution in [0.5, 0.6) is 0 Å². The first-order valence-electron chi connectivity index (χ1n) is 8.15. The predicted molar refractivity (Wildman–Crippen MR) is 103 cm³/mol. The molecule has 0 radical (unpaired) electrons. The quantitative estimate of drug-likeness (QED) is 0.520. The Morgan fingerprint density at radius 1 is 1.11 bits per heavy atom. The second kappa shape index (κ2) is 8.06. The van der Waals surface area contributed by atoms with Gasteiger partial charge in [-0.05, 0) is 37.3 Å². The molecule has 0 saturated carbocycles. The topological polar surface area (TPSA) is 103 Å². The Labute approximate surface area is 163 Å². The number of esters is 1. The second-order valence-corrected chi connectivity index (χ2v) is 6.31. The van der Waals surface area contributed by atoms with Crippen LogP contribution in [0.25, 0.3) is 11.0 Å². The molecule has 1 aromatic heterocycles. The minimum absolute atomic E-state index is 0.143. The number of fused-ring (bicyclic) bond motifs is 1. The van der Waals surface area contributed by atoms with Gasteiger partial charge in [0.2, 0.25) is 5.76 Å². The number of anilines is 1. The average molecular weight is 400 g/mol. The summed E-state index contributed by atoms with van der Waals surface area (Å²) in [4.78, 5) is 47.5. The Kier molecular flexibility index (Phi) is 5.56. The fourth-order valence-electron chi connectivity index (χ4n) is 2.44. The second-order valence-electron chi connectivity index (χ2n) is 5.88. The van der Waals surface area contributed by atoms with Crippen LogP contribution in [0.2, 0.25) is 5.02 Å². The number of benzene rings is 2. The van der Waals surface area contributed by atoms with Crippen molar-refractivity contribution in [3.8, 4) is 0 Å². The average Bonchev–Trinajstić information content (AvgIpc) is 2.66. The lowest BCUT2D eigenvalue weighted by atomic mass is 10.1. The molecule has 28 heavy (non-hydrogen) atoms. The first-order chi connectivity index (χ1) is 13.3. The number of Topliss-reactive ketones (excluding diaryl/α,β-unsaturated/α-hetero) is 1. The third-order valence-corrected chi connectivity index (χ3v) is 4.01. The zero-order valence-corrected chi connectivity index (χ0v) is 15.4. The van der Waals surface area contributed by atoms with Gasteiger partial charge in [0.1, 0.15) is 5.58 Å². The lowest BCUT2D eigenvalue weighted by Crippen LogP contribution is -2.21. The largest absolute Gasteiger partial charge is 0.450 e. The molecule has 142 valence electrons. The van der Waals surface area contributed by atoms with Crippen LogP contribution in [0.4, 0.5) is 5.69 Å². The Bertz CT molecular complexity index is 1150. The fourth-order valence-corrected chi connectivity index (χ4v) is 2.62. The first-order valence-corrected chi connectivity index (χ1v) is 8.52. The van der Waals surface area contributed by atoms with E-state index in [0.717, 1.165) is 6.07 Å². The minimum atomic E-state index is -0.957. The highest BCUT2D eigenvalue weighted by Crippen LogP contribution is 2.18. The van der Waals surface area contributed by atoms with Crippen molar-refractivity contribution in [2.75, 3.05) is 11.9 Å². The van der Waals surface area contributed by atoms with E-state index in [2.05, 4.69) is 5.32 Å². The molecule has 8 heteroatoms. The van der Waals surface area contributed by atoms with Gasteiger partial charge in [0, 0.05) is 22.3 Å². The smallest absolute Gasteiger partial charge is 0.374 e. The molecule has 0 aliphatic heterocycles. The third kappa shape index (κ3) is 4.44. The van der Waals surface area contributed by atoms with Crippen molar-refractivity contribution in [1.29, 1.82) is 0 Å². The van der Waals surface area contributed by atoms with E-state index in [9.17, 15) is 19.2 Å². The molecule has 1 N–H and O–H groups in total. The van der Waals surface area contributed by atoms with Crippen molar-refractivity contribution in [3.63, 3.8) is 0 Å². The van der Waals surface area contributed by atoms with E-state index in [1.165, 1.54) is 31.2 Å². The van der Waals surface area contributed by atoms with Gasteiger partial charge in [-0.1, -0.05) is 23.7 Å². The number of halogens is 1. The number of amides is 1. The summed E-state index contributed by atoms with van der Waals surface area (Å²) < 4.78 is 10.2. The van der Waals surface area contributed by atoms with Crippen LogP contribution < -0.4 is 10.7 Å². The normalized spacial score (nSPS) is 10.5. The maximum absolute atomic E-state index is 12.1. The SMILES string of the molecule is CC(=O)c1cccc(NC(=O)COC(=O)c2cc(=O)c3cc(Cl)ccc3o2)c1. The molecule has 0 spiro atoms. The molecule has 7 nitrogen and oxygen atoms in total. The maximum atomic E-state index is 12.1. The molecule has 0 aliphatic rings. The molecular weight excluding hydrogens is 386 g/mol. The maximum Gasteiger partial charge on any atom is 0.374 e. The zero-order chi connectivity index (χ0) is 20.3. The van der Waals surface area contributed by atoms with E-state index in [-0.39, 0.29) is 22.5 Å². The summed E-state index contributed by atoms with van der Waals surface area (Å²) in [5, 5.41) is 3.11. The van der Waals surface area contributed by atoms with Crippen LogP contribution in [0.15, 0.2) is 57.7 Å². The van der Waals surface area contributed by atoms with Gasteiger partial charge in [-0.3, -0.25) is 14.4 Å². The fraction of sp³-hybridized carbons (Fsp3) is 0.100. The first kappa shape index (κ1) is 19.3. The number of ketones is 1. The molecule has 1 heterocycles. The van der Waals surface area contributed by atoms with Crippen LogP contribution in [-0.4, -0.2) is 24.3 Å². The van der Waals surface area contributed by atoms with Crippen LogP contribution in [0, 0.1) is 0 Å². The van der Waals surface area contributed by atoms with Gasteiger partial charge in [0.25, 0.3) is 5.91 Å². The van der Waals surface area contributed by atoms with Crippen molar-refractivity contribution in [3.05, 3.63) is 75.1 Å². The van der Waals surface area contributed by atoms with E-state index < -0.39 is 23.9 Å². The number of carbonyl (C=O) groups is 3. The summed E-state index contributed by atoms with van der Waals surface area (Å²) in [5.41, 5.74) is 0.547. The molecule has 2 aromatic carbocycles. The summed E-state index contributed by atoms with van der Waals surface area (Å²) in [5.74, 6) is -2.04. The molecule has 1 amide bonds. The number of hydrogen-bond donors (Lipinski definition) is 1.